The van der Waals surface area contributed by atoms with Crippen molar-refractivity contribution >= 4 is 17.4 Å². The lowest BCUT2D eigenvalue weighted by Gasteiger charge is -2.25. The van der Waals surface area contributed by atoms with Gasteiger partial charge < -0.3 is 19.5 Å². The average Bonchev–Trinajstić information content (AvgIpc) is 3.12. The van der Waals surface area contributed by atoms with Gasteiger partial charge in [-0.15, -0.1) is 0 Å². The van der Waals surface area contributed by atoms with E-state index in [-0.39, 0.29) is 11.3 Å². The molecule has 0 saturated carbocycles. The van der Waals surface area contributed by atoms with Crippen LogP contribution in [-0.2, 0) is 27.2 Å². The van der Waals surface area contributed by atoms with E-state index in [4.69, 9.17) is 9.47 Å². The van der Waals surface area contributed by atoms with Gasteiger partial charge >= 0.3 is 0 Å². The summed E-state index contributed by atoms with van der Waals surface area (Å²) in [7, 11) is 1.61. The number of likely N-dealkylation sites (tertiary alicyclic amines) is 1. The standard InChI is InChI=1S/C28H33NO5/c1-3-16-34-23-13-11-20(12-14-23)25-24(27(31)28(32)29(25)15-6-17-33-2)26(30)22-10-9-19-7-4-5-8-21(19)18-22/h9-14,18,25,30H,3-8,15-17H2,1-2H3/b26-24-. The van der Waals surface area contributed by atoms with Gasteiger partial charge in [0.2, 0.25) is 0 Å². The van der Waals surface area contributed by atoms with Crippen LogP contribution >= 0.6 is 0 Å². The highest BCUT2D eigenvalue weighted by molar-refractivity contribution is 6.46. The number of aliphatic hydroxyl groups excluding tert-OH is 1. The first-order valence-electron chi connectivity index (χ1n) is 12.2. The van der Waals surface area contributed by atoms with E-state index >= 15 is 0 Å². The Hall–Kier alpha value is -3.12. The van der Waals surface area contributed by atoms with Gasteiger partial charge in [-0.25, -0.2) is 0 Å². The molecule has 1 aliphatic heterocycles. The number of ketones is 1. The summed E-state index contributed by atoms with van der Waals surface area (Å²) in [6.45, 7) is 3.50. The maximum Gasteiger partial charge on any atom is 0.295 e. The number of amides is 1. The Morgan fingerprint density at radius 1 is 1.03 bits per heavy atom. The van der Waals surface area contributed by atoms with Crippen LogP contribution in [0.5, 0.6) is 5.75 Å². The van der Waals surface area contributed by atoms with Crippen LogP contribution in [0, 0.1) is 0 Å². The fraction of sp³-hybridized carbons (Fsp3) is 0.429. The number of methoxy groups -OCH3 is 1. The minimum absolute atomic E-state index is 0.114. The first-order chi connectivity index (χ1) is 16.5. The molecule has 0 bridgehead atoms. The number of hydrogen-bond acceptors (Lipinski definition) is 5. The molecule has 180 valence electrons. The van der Waals surface area contributed by atoms with Crippen LogP contribution in [-0.4, -0.2) is 48.6 Å². The smallest absolute Gasteiger partial charge is 0.295 e. The summed E-state index contributed by atoms with van der Waals surface area (Å²) in [5, 5.41) is 11.3. The SMILES string of the molecule is CCCOc1ccc(C2/C(=C(/O)c3ccc4c(c3)CCCC4)C(=O)C(=O)N2CCCOC)cc1. The van der Waals surface area contributed by atoms with E-state index in [1.807, 2.05) is 49.4 Å². The minimum atomic E-state index is -0.659. The first kappa shape index (κ1) is 24.0. The van der Waals surface area contributed by atoms with Crippen LogP contribution in [0.1, 0.15) is 60.9 Å². The molecule has 34 heavy (non-hydrogen) atoms. The van der Waals surface area contributed by atoms with Gasteiger partial charge in [-0.1, -0.05) is 31.2 Å². The number of hydrogen-bond donors (Lipinski definition) is 1. The van der Waals surface area contributed by atoms with Gasteiger partial charge in [-0.2, -0.15) is 0 Å². The third-order valence-corrected chi connectivity index (χ3v) is 6.58. The predicted molar refractivity (Wildman–Crippen MR) is 131 cm³/mol. The summed E-state index contributed by atoms with van der Waals surface area (Å²) in [5.41, 5.74) is 3.99. The fourth-order valence-electron chi connectivity index (χ4n) is 4.84. The third kappa shape index (κ3) is 4.87. The van der Waals surface area contributed by atoms with Crippen LogP contribution in [0.25, 0.3) is 5.76 Å². The number of fused-ring (bicyclic) bond motifs is 1. The lowest BCUT2D eigenvalue weighted by atomic mass is 9.88. The number of ether oxygens (including phenoxy) is 2. The molecule has 1 amide bonds. The van der Waals surface area contributed by atoms with Crippen LogP contribution in [0.4, 0.5) is 0 Å². The Balaban J connectivity index is 1.75. The molecule has 1 atom stereocenters. The monoisotopic (exact) mass is 463 g/mol. The first-order valence-corrected chi connectivity index (χ1v) is 12.2. The Kier molecular flexibility index (Phi) is 7.68. The summed E-state index contributed by atoms with van der Waals surface area (Å²) < 4.78 is 10.8. The number of nitrogens with zero attached hydrogens (tertiary/aromatic N) is 1. The topological polar surface area (TPSA) is 76.1 Å². The van der Waals surface area contributed by atoms with E-state index in [1.165, 1.54) is 17.5 Å². The van der Waals surface area contributed by atoms with Gasteiger partial charge in [0.1, 0.15) is 11.5 Å². The second kappa shape index (κ2) is 10.9. The Labute approximate surface area is 201 Å². The van der Waals surface area contributed by atoms with Crippen LogP contribution in [0.2, 0.25) is 0 Å². The van der Waals surface area contributed by atoms with Gasteiger partial charge in [0.05, 0.1) is 18.2 Å². The number of carbonyl (C=O) groups excluding carboxylic acids is 2. The van der Waals surface area contributed by atoms with Gasteiger partial charge in [0.15, 0.2) is 0 Å². The highest BCUT2D eigenvalue weighted by atomic mass is 16.5. The van der Waals surface area contributed by atoms with Gasteiger partial charge in [-0.3, -0.25) is 9.59 Å². The summed E-state index contributed by atoms with van der Waals surface area (Å²) >= 11 is 0. The zero-order valence-electron chi connectivity index (χ0n) is 20.0. The van der Waals surface area contributed by atoms with Crippen LogP contribution in [0.15, 0.2) is 48.0 Å². The van der Waals surface area contributed by atoms with Crippen molar-refractivity contribution in [2.75, 3.05) is 26.9 Å². The Bertz CT molecular complexity index is 1070. The van der Waals surface area contributed by atoms with Crippen molar-refractivity contribution in [2.45, 2.75) is 51.5 Å². The molecule has 1 aliphatic carbocycles. The molecule has 1 heterocycles. The molecule has 1 fully saturated rings. The zero-order chi connectivity index (χ0) is 24.1. The highest BCUT2D eigenvalue weighted by Gasteiger charge is 2.45. The van der Waals surface area contributed by atoms with Crippen LogP contribution in [0.3, 0.4) is 0 Å². The molecule has 1 N–H and O–H groups in total. The van der Waals surface area contributed by atoms with Gasteiger partial charge in [0.25, 0.3) is 11.7 Å². The molecule has 6 heteroatoms. The van der Waals surface area contributed by atoms with Crippen molar-refractivity contribution < 1.29 is 24.2 Å². The molecular formula is C28H33NO5. The van der Waals surface area contributed by atoms with Crippen molar-refractivity contribution in [3.05, 3.63) is 70.3 Å². The fourth-order valence-corrected chi connectivity index (χ4v) is 4.84. The molecule has 2 aromatic rings. The third-order valence-electron chi connectivity index (χ3n) is 6.58. The van der Waals surface area contributed by atoms with E-state index in [0.717, 1.165) is 37.0 Å². The van der Waals surface area contributed by atoms with Crippen molar-refractivity contribution in [2.24, 2.45) is 0 Å². The molecular weight excluding hydrogens is 430 g/mol. The average molecular weight is 464 g/mol. The molecule has 0 aromatic heterocycles. The molecule has 6 nitrogen and oxygen atoms in total. The second-order valence-corrected chi connectivity index (χ2v) is 8.95. The number of aryl methyl sites for hydroxylation is 2. The normalized spacial score (nSPS) is 19.4. The summed E-state index contributed by atoms with van der Waals surface area (Å²) in [5.74, 6) is -0.621. The molecule has 2 aliphatic rings. The van der Waals surface area contributed by atoms with E-state index in [1.54, 1.807) is 12.0 Å². The number of benzene rings is 2. The summed E-state index contributed by atoms with van der Waals surface area (Å²) in [6, 6.07) is 12.6. The van der Waals surface area contributed by atoms with E-state index in [2.05, 4.69) is 0 Å². The Morgan fingerprint density at radius 2 is 1.76 bits per heavy atom. The maximum absolute atomic E-state index is 13.2. The van der Waals surface area contributed by atoms with Crippen molar-refractivity contribution in [3.63, 3.8) is 0 Å². The van der Waals surface area contributed by atoms with Gasteiger partial charge in [0, 0.05) is 25.8 Å². The maximum atomic E-state index is 13.2. The molecule has 4 rings (SSSR count). The summed E-state index contributed by atoms with van der Waals surface area (Å²) in [4.78, 5) is 27.8. The largest absolute Gasteiger partial charge is 0.507 e. The van der Waals surface area contributed by atoms with Crippen molar-refractivity contribution in [1.29, 1.82) is 0 Å². The Morgan fingerprint density at radius 3 is 2.47 bits per heavy atom. The van der Waals surface area contributed by atoms with E-state index in [0.29, 0.717) is 31.7 Å². The molecule has 2 aromatic carbocycles. The lowest BCUT2D eigenvalue weighted by molar-refractivity contribution is -0.140. The molecule has 0 spiro atoms. The zero-order valence-corrected chi connectivity index (χ0v) is 20.0. The number of rotatable bonds is 9. The molecule has 1 unspecified atom stereocenters. The van der Waals surface area contributed by atoms with E-state index < -0.39 is 17.7 Å². The van der Waals surface area contributed by atoms with Crippen molar-refractivity contribution in [3.8, 4) is 5.75 Å². The predicted octanol–water partition coefficient (Wildman–Crippen LogP) is 4.81. The summed E-state index contributed by atoms with van der Waals surface area (Å²) in [6.07, 6.45) is 5.78. The molecule has 1 saturated heterocycles. The van der Waals surface area contributed by atoms with E-state index in [9.17, 15) is 14.7 Å². The van der Waals surface area contributed by atoms with Gasteiger partial charge in [-0.05, 0) is 73.4 Å². The van der Waals surface area contributed by atoms with Crippen LogP contribution < -0.4 is 4.74 Å². The van der Waals surface area contributed by atoms with Crippen molar-refractivity contribution in [1.82, 2.24) is 4.90 Å². The number of carbonyl (C=O) groups is 2. The second-order valence-electron chi connectivity index (χ2n) is 8.95. The lowest BCUT2D eigenvalue weighted by Crippen LogP contribution is -2.31. The number of Topliss-reactive ketones (excluding diaryl/α,β-unsaturated/α-hetero) is 1. The molecule has 0 radical (unpaired) electrons. The highest BCUT2D eigenvalue weighted by Crippen LogP contribution is 2.40. The minimum Gasteiger partial charge on any atom is -0.507 e. The number of aliphatic hydroxyl groups is 1. The quantitative estimate of drug-likeness (QED) is 0.250.